The van der Waals surface area contributed by atoms with E-state index in [0.29, 0.717) is 5.92 Å². The summed E-state index contributed by atoms with van der Waals surface area (Å²) in [4.78, 5) is 10.7. The molecule has 7 rings (SSSR count). The smallest absolute Gasteiger partial charge is 0.0534 e. The fourth-order valence-electron chi connectivity index (χ4n) is 5.94. The number of rotatable bonds is 6. The van der Waals surface area contributed by atoms with Gasteiger partial charge in [-0.2, -0.15) is 0 Å². The molecule has 0 fully saturated rings. The van der Waals surface area contributed by atoms with Gasteiger partial charge >= 0.3 is 0 Å². The van der Waals surface area contributed by atoms with E-state index in [9.17, 15) is 0 Å². The molecule has 3 aromatic heterocycles. The van der Waals surface area contributed by atoms with E-state index in [1.165, 1.54) is 50.2 Å². The van der Waals surface area contributed by atoms with E-state index in [4.69, 9.17) is 0 Å². The van der Waals surface area contributed by atoms with E-state index in [2.05, 4.69) is 137 Å². The Balaban J connectivity index is 1.41. The number of hydrogen-bond acceptors (Lipinski definition) is 0. The first-order chi connectivity index (χ1) is 19.3. The summed E-state index contributed by atoms with van der Waals surface area (Å²) in [7, 11) is 0. The van der Waals surface area contributed by atoms with Gasteiger partial charge in [-0.15, -0.1) is 0 Å². The maximum Gasteiger partial charge on any atom is 0.0534 e. The van der Waals surface area contributed by atoms with Crippen LogP contribution < -0.4 is 0 Å². The van der Waals surface area contributed by atoms with E-state index in [1.54, 1.807) is 0 Å². The Morgan fingerprint density at radius 2 is 1.28 bits per heavy atom. The number of benzene rings is 2. The SMILES string of the molecule is C1=CCC(c2cc[nH]c2-c2cc(-c3[nH]ccc3C3=CCCC=C3)cc(-c3[nH]ccc3-c3ccccc3)c2)C=C1. The highest BCUT2D eigenvalue weighted by Crippen LogP contribution is 2.40. The Hall–Kier alpha value is -4.76. The maximum absolute atomic E-state index is 3.59. The molecule has 2 aliphatic rings. The predicted molar refractivity (Wildman–Crippen MR) is 163 cm³/mol. The summed E-state index contributed by atoms with van der Waals surface area (Å²) in [5.74, 6) is 0.368. The second-order valence-corrected chi connectivity index (χ2v) is 10.3. The highest BCUT2D eigenvalue weighted by molar-refractivity contribution is 5.90. The van der Waals surface area contributed by atoms with Gasteiger partial charge in [-0.05, 0) is 89.1 Å². The molecule has 3 nitrogen and oxygen atoms in total. The molecule has 39 heavy (non-hydrogen) atoms. The lowest BCUT2D eigenvalue weighted by atomic mass is 9.88. The molecular formula is C36H31N3. The molecule has 5 aromatic rings. The number of aromatic amines is 3. The van der Waals surface area contributed by atoms with Crippen molar-refractivity contribution in [3.63, 3.8) is 0 Å². The zero-order chi connectivity index (χ0) is 26.0. The van der Waals surface area contributed by atoms with Gasteiger partial charge in [0.2, 0.25) is 0 Å². The number of nitrogens with one attached hydrogen (secondary N) is 3. The Labute approximate surface area is 229 Å². The molecule has 1 atom stereocenters. The molecule has 0 saturated heterocycles. The van der Waals surface area contributed by atoms with Gasteiger partial charge in [-0.25, -0.2) is 0 Å². The van der Waals surface area contributed by atoms with Crippen LogP contribution in [0.1, 0.15) is 36.3 Å². The third-order valence-electron chi connectivity index (χ3n) is 7.84. The van der Waals surface area contributed by atoms with Crippen molar-refractivity contribution in [2.24, 2.45) is 0 Å². The molecule has 190 valence electrons. The average molecular weight is 506 g/mol. The summed E-state index contributed by atoms with van der Waals surface area (Å²) >= 11 is 0. The standard InChI is InChI=1S/C36H31N3/c1-4-10-25(11-5-1)31-16-19-37-34(31)28-22-29(35-32(17-20-38-35)26-12-6-2-7-13-26)24-30(23-28)36-33(18-21-39-36)27-14-8-3-9-15-27/h1-2,4-8,10-12,14-24,26,37-39H,3,9,13H2. The summed E-state index contributed by atoms with van der Waals surface area (Å²) in [6.45, 7) is 0. The molecule has 3 N–H and O–H groups in total. The van der Waals surface area contributed by atoms with Crippen LogP contribution in [-0.2, 0) is 0 Å². The van der Waals surface area contributed by atoms with Crippen LogP contribution in [0, 0.1) is 0 Å². The lowest BCUT2D eigenvalue weighted by Crippen LogP contribution is -1.98. The van der Waals surface area contributed by atoms with Gasteiger partial charge in [-0.1, -0.05) is 72.9 Å². The molecular weight excluding hydrogens is 474 g/mol. The molecule has 2 aromatic carbocycles. The Bertz CT molecular complexity index is 1730. The third-order valence-corrected chi connectivity index (χ3v) is 7.84. The van der Waals surface area contributed by atoms with Gasteiger partial charge < -0.3 is 15.0 Å². The minimum Gasteiger partial charge on any atom is -0.361 e. The van der Waals surface area contributed by atoms with Crippen molar-refractivity contribution in [2.75, 3.05) is 0 Å². The van der Waals surface area contributed by atoms with Crippen LogP contribution >= 0.6 is 0 Å². The van der Waals surface area contributed by atoms with Crippen molar-refractivity contribution in [1.29, 1.82) is 0 Å². The molecule has 3 heterocycles. The van der Waals surface area contributed by atoms with E-state index in [1.807, 2.05) is 6.20 Å². The van der Waals surface area contributed by atoms with Crippen molar-refractivity contribution in [2.45, 2.75) is 25.2 Å². The van der Waals surface area contributed by atoms with Crippen LogP contribution in [0.3, 0.4) is 0 Å². The summed E-state index contributed by atoms with van der Waals surface area (Å²) in [5.41, 5.74) is 13.3. The largest absolute Gasteiger partial charge is 0.361 e. The van der Waals surface area contributed by atoms with Gasteiger partial charge in [0.15, 0.2) is 0 Å². The first kappa shape index (κ1) is 23.4. The van der Waals surface area contributed by atoms with Crippen LogP contribution in [0.15, 0.2) is 128 Å². The zero-order valence-corrected chi connectivity index (χ0v) is 21.8. The van der Waals surface area contributed by atoms with Gasteiger partial charge in [0.25, 0.3) is 0 Å². The van der Waals surface area contributed by atoms with Crippen molar-refractivity contribution in [1.82, 2.24) is 15.0 Å². The highest BCUT2D eigenvalue weighted by atomic mass is 14.7. The number of hydrogen-bond donors (Lipinski definition) is 3. The lowest BCUT2D eigenvalue weighted by Gasteiger charge is -2.17. The van der Waals surface area contributed by atoms with Crippen LogP contribution in [0.2, 0.25) is 0 Å². The first-order valence-electron chi connectivity index (χ1n) is 13.8. The molecule has 0 bridgehead atoms. The van der Waals surface area contributed by atoms with Crippen LogP contribution in [-0.4, -0.2) is 15.0 Å². The van der Waals surface area contributed by atoms with Gasteiger partial charge in [0.05, 0.1) is 11.4 Å². The lowest BCUT2D eigenvalue weighted by molar-refractivity contribution is 0.857. The molecule has 0 radical (unpaired) electrons. The minimum absolute atomic E-state index is 0.368. The Kier molecular flexibility index (Phi) is 6.10. The van der Waals surface area contributed by atoms with Crippen molar-refractivity contribution in [3.8, 4) is 44.9 Å². The number of allylic oxidation sites excluding steroid dienone is 8. The summed E-state index contributed by atoms with van der Waals surface area (Å²) in [6.07, 6.45) is 25.1. The van der Waals surface area contributed by atoms with E-state index in [-0.39, 0.29) is 0 Å². The average Bonchev–Trinajstić information content (AvgIpc) is 3.79. The molecule has 1 unspecified atom stereocenters. The predicted octanol–water partition coefficient (Wildman–Crippen LogP) is 9.67. The van der Waals surface area contributed by atoms with Gasteiger partial charge in [0, 0.05) is 41.3 Å². The van der Waals surface area contributed by atoms with Gasteiger partial charge in [0.1, 0.15) is 0 Å². The zero-order valence-electron chi connectivity index (χ0n) is 21.8. The van der Waals surface area contributed by atoms with E-state index < -0.39 is 0 Å². The van der Waals surface area contributed by atoms with Crippen LogP contribution in [0.25, 0.3) is 50.5 Å². The van der Waals surface area contributed by atoms with Gasteiger partial charge in [-0.3, -0.25) is 0 Å². The van der Waals surface area contributed by atoms with Crippen molar-refractivity contribution < 1.29 is 0 Å². The molecule has 2 aliphatic carbocycles. The normalized spacial score (nSPS) is 16.5. The Morgan fingerprint density at radius 1 is 0.590 bits per heavy atom. The van der Waals surface area contributed by atoms with E-state index >= 15 is 0 Å². The molecule has 0 saturated carbocycles. The van der Waals surface area contributed by atoms with Crippen molar-refractivity contribution >= 4 is 5.57 Å². The minimum atomic E-state index is 0.368. The summed E-state index contributed by atoms with van der Waals surface area (Å²) < 4.78 is 0. The Morgan fingerprint density at radius 3 is 2.00 bits per heavy atom. The fourth-order valence-corrected chi connectivity index (χ4v) is 5.94. The molecule has 3 heteroatoms. The fraction of sp³-hybridized carbons (Fsp3) is 0.111. The first-order valence-corrected chi connectivity index (χ1v) is 13.8. The van der Waals surface area contributed by atoms with E-state index in [0.717, 1.165) is 30.7 Å². The summed E-state index contributed by atoms with van der Waals surface area (Å²) in [5, 5.41) is 0. The topological polar surface area (TPSA) is 47.4 Å². The number of H-pyrrole nitrogens is 3. The summed E-state index contributed by atoms with van der Waals surface area (Å²) in [6, 6.07) is 24.2. The third kappa shape index (κ3) is 4.46. The second kappa shape index (κ2) is 10.2. The quantitative estimate of drug-likeness (QED) is 0.206. The maximum atomic E-state index is 3.59. The van der Waals surface area contributed by atoms with Crippen LogP contribution in [0.4, 0.5) is 0 Å². The monoisotopic (exact) mass is 505 g/mol. The van der Waals surface area contributed by atoms with Crippen molar-refractivity contribution in [3.05, 3.63) is 139 Å². The number of aromatic nitrogens is 3. The molecule has 0 spiro atoms. The molecule has 0 aliphatic heterocycles. The second-order valence-electron chi connectivity index (χ2n) is 10.3. The molecule has 0 amide bonds. The highest BCUT2D eigenvalue weighted by Gasteiger charge is 2.20. The van der Waals surface area contributed by atoms with Crippen LogP contribution in [0.5, 0.6) is 0 Å².